The predicted octanol–water partition coefficient (Wildman–Crippen LogP) is 0.119. The highest BCUT2D eigenvalue weighted by Crippen LogP contribution is 2.41. The first-order valence-corrected chi connectivity index (χ1v) is 11.7. The van der Waals surface area contributed by atoms with Gasteiger partial charge in [0.15, 0.2) is 0 Å². The molecule has 0 radical (unpaired) electrons. The number of aliphatic hydroxyl groups excluding tert-OH is 1. The van der Waals surface area contributed by atoms with Crippen LogP contribution in [0.15, 0.2) is 17.5 Å². The number of β-amino-alcohol motifs (C(OH)–C–C–N with tert-alkyl or cyclic N) is 1. The minimum Gasteiger partial charge on any atom is -0.392 e. The van der Waals surface area contributed by atoms with E-state index < -0.39 is 17.7 Å². The number of nitrogens with zero attached hydrogens (tertiary/aromatic N) is 4. The van der Waals surface area contributed by atoms with Gasteiger partial charge in [0, 0.05) is 57.1 Å². The van der Waals surface area contributed by atoms with E-state index in [1.165, 1.54) is 9.78 Å². The lowest BCUT2D eigenvalue weighted by Crippen LogP contribution is -2.81. The maximum Gasteiger partial charge on any atom is 0.252 e. The molecule has 0 aromatic carbocycles. The van der Waals surface area contributed by atoms with E-state index in [9.17, 15) is 19.5 Å². The number of hydrogen-bond acceptors (Lipinski definition) is 7. The normalized spacial score (nSPS) is 29.2. The van der Waals surface area contributed by atoms with Crippen molar-refractivity contribution in [1.82, 2.24) is 19.6 Å². The van der Waals surface area contributed by atoms with E-state index in [0.717, 1.165) is 19.5 Å². The zero-order chi connectivity index (χ0) is 20.9. The van der Waals surface area contributed by atoms with Crippen molar-refractivity contribution in [2.45, 2.75) is 49.9 Å². The number of carbonyl (C=O) groups excluding carboxylic acids is 3. The second-order valence-corrected chi connectivity index (χ2v) is 9.98. The molecule has 0 saturated carbocycles. The third-order valence-electron chi connectivity index (χ3n) is 6.93. The molecule has 1 aromatic rings. The Morgan fingerprint density at radius 1 is 1.20 bits per heavy atom. The van der Waals surface area contributed by atoms with Crippen molar-refractivity contribution in [3.63, 3.8) is 0 Å². The third-order valence-corrected chi connectivity index (χ3v) is 7.80. The van der Waals surface area contributed by atoms with E-state index in [-0.39, 0.29) is 17.7 Å². The minimum absolute atomic E-state index is 0.131. The summed E-state index contributed by atoms with van der Waals surface area (Å²) in [6.07, 6.45) is 1.91. The Labute approximate surface area is 180 Å². The molecule has 2 atom stereocenters. The van der Waals surface area contributed by atoms with Gasteiger partial charge in [-0.25, -0.2) is 0 Å². The van der Waals surface area contributed by atoms with Crippen LogP contribution >= 0.6 is 11.3 Å². The fraction of sp³-hybridized carbons (Fsp3) is 0.667. The van der Waals surface area contributed by atoms with Gasteiger partial charge in [0.1, 0.15) is 5.54 Å². The predicted molar refractivity (Wildman–Crippen MR) is 111 cm³/mol. The van der Waals surface area contributed by atoms with E-state index in [4.69, 9.17) is 0 Å². The van der Waals surface area contributed by atoms with Crippen LogP contribution in [0.25, 0.3) is 0 Å². The summed E-state index contributed by atoms with van der Waals surface area (Å²) in [5.74, 6) is -0.157. The molecule has 0 aliphatic carbocycles. The summed E-state index contributed by atoms with van der Waals surface area (Å²) >= 11 is 1.70. The van der Waals surface area contributed by atoms with Crippen LogP contribution < -0.4 is 0 Å². The summed E-state index contributed by atoms with van der Waals surface area (Å²) in [4.78, 5) is 47.1. The number of hydrogen-bond donors (Lipinski definition) is 1. The molecule has 3 amide bonds. The minimum atomic E-state index is -0.712. The van der Waals surface area contributed by atoms with Crippen LogP contribution in [0, 0.1) is 0 Å². The first-order chi connectivity index (χ1) is 14.5. The number of rotatable bonds is 6. The van der Waals surface area contributed by atoms with E-state index in [0.29, 0.717) is 52.0 Å². The van der Waals surface area contributed by atoms with Gasteiger partial charge in [0.05, 0.1) is 12.1 Å². The number of likely N-dealkylation sites (tertiary alicyclic amines) is 2. The average Bonchev–Trinajstić information content (AvgIpc) is 3.42. The van der Waals surface area contributed by atoms with Gasteiger partial charge in [0.25, 0.3) is 5.91 Å². The van der Waals surface area contributed by atoms with Crippen molar-refractivity contribution in [2.75, 3.05) is 39.3 Å². The molecule has 4 saturated heterocycles. The van der Waals surface area contributed by atoms with Crippen LogP contribution in [-0.4, -0.2) is 99.4 Å². The van der Waals surface area contributed by atoms with Crippen molar-refractivity contribution in [2.24, 2.45) is 0 Å². The monoisotopic (exact) mass is 432 g/mol. The fourth-order valence-corrected chi connectivity index (χ4v) is 6.24. The Kier molecular flexibility index (Phi) is 5.17. The summed E-state index contributed by atoms with van der Waals surface area (Å²) in [7, 11) is 0. The van der Waals surface area contributed by atoms with Gasteiger partial charge in [-0.3, -0.25) is 29.1 Å². The molecule has 4 aliphatic heterocycles. The van der Waals surface area contributed by atoms with Crippen LogP contribution in [-0.2, 0) is 20.9 Å². The van der Waals surface area contributed by atoms with Gasteiger partial charge < -0.3 is 10.0 Å². The fourth-order valence-electron chi connectivity index (χ4n) is 5.49. The molecule has 1 aromatic heterocycles. The van der Waals surface area contributed by atoms with Crippen molar-refractivity contribution in [3.8, 4) is 0 Å². The highest BCUT2D eigenvalue weighted by atomic mass is 32.1. The van der Waals surface area contributed by atoms with Crippen LogP contribution in [0.3, 0.4) is 0 Å². The Morgan fingerprint density at radius 2 is 2.03 bits per heavy atom. The highest BCUT2D eigenvalue weighted by molar-refractivity contribution is 7.09. The maximum atomic E-state index is 13.5. The first kappa shape index (κ1) is 20.1. The van der Waals surface area contributed by atoms with Crippen molar-refractivity contribution < 1.29 is 19.5 Å². The molecular formula is C21H28N4O4S. The van der Waals surface area contributed by atoms with E-state index in [1.807, 2.05) is 15.9 Å². The molecule has 8 nitrogen and oxygen atoms in total. The van der Waals surface area contributed by atoms with Crippen LogP contribution in [0.2, 0.25) is 0 Å². The van der Waals surface area contributed by atoms with Crippen molar-refractivity contribution in [1.29, 1.82) is 0 Å². The number of aliphatic hydroxyl groups is 1. The van der Waals surface area contributed by atoms with Crippen molar-refractivity contribution >= 4 is 29.1 Å². The highest BCUT2D eigenvalue weighted by Gasteiger charge is 2.64. The number of thiophene rings is 1. The first-order valence-electron chi connectivity index (χ1n) is 10.8. The van der Waals surface area contributed by atoms with Gasteiger partial charge in [-0.1, -0.05) is 6.07 Å². The molecule has 1 N–H and O–H groups in total. The molecular weight excluding hydrogens is 404 g/mol. The number of piperazine rings is 1. The molecule has 5 rings (SSSR count). The zero-order valence-corrected chi connectivity index (χ0v) is 17.9. The van der Waals surface area contributed by atoms with Gasteiger partial charge in [0.2, 0.25) is 11.8 Å². The topological polar surface area (TPSA) is 84.4 Å². The molecule has 5 heterocycles. The summed E-state index contributed by atoms with van der Waals surface area (Å²) in [6.45, 7) is 4.05. The number of amides is 3. The number of fused-ring (bicyclic) bond motifs is 2. The van der Waals surface area contributed by atoms with Gasteiger partial charge in [-0.15, -0.1) is 11.3 Å². The molecule has 4 aliphatic rings. The summed E-state index contributed by atoms with van der Waals surface area (Å²) in [5, 5.41) is 12.3. The van der Waals surface area contributed by atoms with Gasteiger partial charge >= 0.3 is 0 Å². The molecule has 0 bridgehead atoms. The molecule has 4 fully saturated rings. The second kappa shape index (κ2) is 7.71. The van der Waals surface area contributed by atoms with Crippen LogP contribution in [0.5, 0.6) is 0 Å². The van der Waals surface area contributed by atoms with E-state index >= 15 is 0 Å². The Balaban J connectivity index is 1.28. The average molecular weight is 433 g/mol. The Hall–Kier alpha value is -1.81. The molecule has 2 unspecified atom stereocenters. The largest absolute Gasteiger partial charge is 0.392 e. The maximum absolute atomic E-state index is 13.5. The lowest BCUT2D eigenvalue weighted by molar-refractivity contribution is -0.180. The van der Waals surface area contributed by atoms with E-state index in [1.54, 1.807) is 11.3 Å². The Bertz CT molecular complexity index is 838. The summed E-state index contributed by atoms with van der Waals surface area (Å²) in [6, 6.07) is 3.70. The van der Waals surface area contributed by atoms with Gasteiger partial charge in [-0.2, -0.15) is 0 Å². The SMILES string of the molecule is O=C1CCCN1CCCN1C(=O)C2CC(O)CN2C2(CN(Cc3cccs3)C2)C1=O. The molecule has 1 spiro atoms. The Morgan fingerprint density at radius 3 is 2.73 bits per heavy atom. The molecule has 162 valence electrons. The van der Waals surface area contributed by atoms with Crippen LogP contribution in [0.4, 0.5) is 0 Å². The van der Waals surface area contributed by atoms with Crippen LogP contribution in [0.1, 0.15) is 30.6 Å². The smallest absolute Gasteiger partial charge is 0.252 e. The number of carbonyl (C=O) groups is 3. The zero-order valence-electron chi connectivity index (χ0n) is 17.0. The molecule has 30 heavy (non-hydrogen) atoms. The summed E-state index contributed by atoms with van der Waals surface area (Å²) in [5.41, 5.74) is -0.712. The standard InChI is InChI=1S/C21H28N4O4S/c26-15-10-17-19(28)24(8-3-7-23-6-1-5-18(23)27)20(29)21(25(17)11-15)13-22(14-21)12-16-4-2-9-30-16/h2,4,9,15,17,26H,1,3,5-8,10-14H2. The second-order valence-electron chi connectivity index (χ2n) is 8.95. The third kappa shape index (κ3) is 3.28. The van der Waals surface area contributed by atoms with E-state index in [2.05, 4.69) is 16.3 Å². The summed E-state index contributed by atoms with van der Waals surface area (Å²) < 4.78 is 0. The van der Waals surface area contributed by atoms with Gasteiger partial charge in [-0.05, 0) is 30.7 Å². The lowest BCUT2D eigenvalue weighted by atomic mass is 9.82. The molecule has 9 heteroatoms. The lowest BCUT2D eigenvalue weighted by Gasteiger charge is -2.58. The van der Waals surface area contributed by atoms with Crippen molar-refractivity contribution in [3.05, 3.63) is 22.4 Å². The number of imide groups is 1. The quantitative estimate of drug-likeness (QED) is 0.643.